The minimum atomic E-state index is 0.784. The Morgan fingerprint density at radius 3 is 2.71 bits per heavy atom. The first-order valence-electron chi connectivity index (χ1n) is 5.94. The van der Waals surface area contributed by atoms with E-state index in [-0.39, 0.29) is 0 Å². The molecule has 1 rings (SSSR count). The molecule has 0 amide bonds. The highest BCUT2D eigenvalue weighted by Gasteiger charge is 1.96. The molecule has 0 radical (unpaired) electrons. The van der Waals surface area contributed by atoms with Gasteiger partial charge in [0.25, 0.3) is 0 Å². The second-order valence-electron chi connectivity index (χ2n) is 3.84. The molecule has 1 aromatic heterocycles. The summed E-state index contributed by atoms with van der Waals surface area (Å²) in [6, 6.07) is 0. The van der Waals surface area contributed by atoms with Gasteiger partial charge in [0.15, 0.2) is 5.16 Å². The van der Waals surface area contributed by atoms with Crippen molar-refractivity contribution in [1.82, 2.24) is 15.3 Å². The SMILES string of the molecule is COCCNCCCCSc1ncc(C)cn1. The number of aryl methyl sites for hydroxylation is 1. The highest BCUT2D eigenvalue weighted by Crippen LogP contribution is 2.13. The lowest BCUT2D eigenvalue weighted by Gasteiger charge is -2.03. The number of rotatable bonds is 9. The van der Waals surface area contributed by atoms with Crippen LogP contribution < -0.4 is 5.32 Å². The molecule has 0 spiro atoms. The third kappa shape index (κ3) is 7.31. The minimum absolute atomic E-state index is 0.784. The number of nitrogens with zero attached hydrogens (tertiary/aromatic N) is 2. The highest BCUT2D eigenvalue weighted by molar-refractivity contribution is 7.99. The van der Waals surface area contributed by atoms with E-state index in [0.29, 0.717) is 0 Å². The van der Waals surface area contributed by atoms with Crippen LogP contribution in [0.3, 0.4) is 0 Å². The van der Waals surface area contributed by atoms with Crippen LogP contribution in [0.25, 0.3) is 0 Å². The van der Waals surface area contributed by atoms with Crippen molar-refractivity contribution in [2.45, 2.75) is 24.9 Å². The average molecular weight is 255 g/mol. The minimum Gasteiger partial charge on any atom is -0.383 e. The average Bonchev–Trinajstić information content (AvgIpc) is 2.35. The first kappa shape index (κ1) is 14.4. The van der Waals surface area contributed by atoms with Crippen LogP contribution >= 0.6 is 11.8 Å². The van der Waals surface area contributed by atoms with Gasteiger partial charge >= 0.3 is 0 Å². The maximum atomic E-state index is 4.95. The molecule has 4 nitrogen and oxygen atoms in total. The predicted octanol–water partition coefficient (Wildman–Crippen LogP) is 1.89. The fraction of sp³-hybridized carbons (Fsp3) is 0.667. The predicted molar refractivity (Wildman–Crippen MR) is 71.5 cm³/mol. The summed E-state index contributed by atoms with van der Waals surface area (Å²) in [6.07, 6.45) is 6.09. The highest BCUT2D eigenvalue weighted by atomic mass is 32.2. The van der Waals surface area contributed by atoms with Gasteiger partial charge in [-0.25, -0.2) is 9.97 Å². The molecule has 17 heavy (non-hydrogen) atoms. The standard InChI is InChI=1S/C12H21N3OS/c1-11-9-14-12(15-10-11)17-8-4-3-5-13-6-7-16-2/h9-10,13H,3-8H2,1-2H3. The summed E-state index contributed by atoms with van der Waals surface area (Å²) in [7, 11) is 1.72. The molecule has 0 aliphatic carbocycles. The van der Waals surface area contributed by atoms with Crippen LogP contribution in [0.1, 0.15) is 18.4 Å². The van der Waals surface area contributed by atoms with Gasteiger partial charge in [0.05, 0.1) is 6.61 Å². The maximum absolute atomic E-state index is 4.95. The molecule has 0 atom stereocenters. The van der Waals surface area contributed by atoms with Crippen LogP contribution in [0.15, 0.2) is 17.6 Å². The van der Waals surface area contributed by atoms with Gasteiger partial charge in [-0.05, 0) is 31.9 Å². The van der Waals surface area contributed by atoms with Crippen LogP contribution in [0, 0.1) is 6.92 Å². The van der Waals surface area contributed by atoms with E-state index < -0.39 is 0 Å². The van der Waals surface area contributed by atoms with Crippen molar-refractivity contribution < 1.29 is 4.74 Å². The fourth-order valence-corrected chi connectivity index (χ4v) is 2.06. The van der Waals surface area contributed by atoms with Crippen LogP contribution in [-0.4, -0.2) is 42.5 Å². The molecule has 96 valence electrons. The fourth-order valence-electron chi connectivity index (χ4n) is 1.27. The lowest BCUT2D eigenvalue weighted by molar-refractivity contribution is 0.199. The summed E-state index contributed by atoms with van der Waals surface area (Å²) < 4.78 is 4.95. The Labute approximate surface area is 108 Å². The Morgan fingerprint density at radius 2 is 2.00 bits per heavy atom. The van der Waals surface area contributed by atoms with Gasteiger partial charge < -0.3 is 10.1 Å². The van der Waals surface area contributed by atoms with E-state index in [2.05, 4.69) is 15.3 Å². The second-order valence-corrected chi connectivity index (χ2v) is 4.90. The van der Waals surface area contributed by atoms with Gasteiger partial charge in [-0.15, -0.1) is 0 Å². The number of methoxy groups -OCH3 is 1. The Balaban J connectivity index is 1.95. The number of aromatic nitrogens is 2. The molecule has 0 bridgehead atoms. The summed E-state index contributed by atoms with van der Waals surface area (Å²) in [5.74, 6) is 1.08. The molecule has 0 fully saturated rings. The van der Waals surface area contributed by atoms with E-state index in [4.69, 9.17) is 4.74 Å². The third-order valence-corrected chi connectivity index (χ3v) is 3.18. The van der Waals surface area contributed by atoms with Crippen LogP contribution in [0.2, 0.25) is 0 Å². The molecule has 1 heterocycles. The van der Waals surface area contributed by atoms with E-state index >= 15 is 0 Å². The number of unbranched alkanes of at least 4 members (excludes halogenated alkanes) is 1. The van der Waals surface area contributed by atoms with Gasteiger partial charge in [-0.2, -0.15) is 0 Å². The van der Waals surface area contributed by atoms with Crippen molar-refractivity contribution in [3.63, 3.8) is 0 Å². The first-order valence-corrected chi connectivity index (χ1v) is 6.92. The van der Waals surface area contributed by atoms with Gasteiger partial charge in [0.2, 0.25) is 0 Å². The van der Waals surface area contributed by atoms with Crippen molar-refractivity contribution in [2.24, 2.45) is 0 Å². The zero-order chi connectivity index (χ0) is 12.3. The molecule has 0 aromatic carbocycles. The van der Waals surface area contributed by atoms with Gasteiger partial charge in [-0.1, -0.05) is 11.8 Å². The molecule has 0 aliphatic heterocycles. The van der Waals surface area contributed by atoms with Crippen molar-refractivity contribution in [3.05, 3.63) is 18.0 Å². The lowest BCUT2D eigenvalue weighted by Crippen LogP contribution is -2.20. The topological polar surface area (TPSA) is 47.0 Å². The summed E-state index contributed by atoms with van der Waals surface area (Å²) >= 11 is 1.72. The van der Waals surface area contributed by atoms with E-state index in [1.807, 2.05) is 19.3 Å². The normalized spacial score (nSPS) is 10.7. The van der Waals surface area contributed by atoms with Crippen LogP contribution in [0.4, 0.5) is 0 Å². The smallest absolute Gasteiger partial charge is 0.187 e. The number of hydrogen-bond donors (Lipinski definition) is 1. The molecule has 0 saturated carbocycles. The molecule has 0 unspecified atom stereocenters. The summed E-state index contributed by atoms with van der Waals surface area (Å²) in [5, 5.41) is 4.20. The van der Waals surface area contributed by atoms with E-state index in [1.54, 1.807) is 18.9 Å². The molecular weight excluding hydrogens is 234 g/mol. The van der Waals surface area contributed by atoms with Crippen molar-refractivity contribution in [2.75, 3.05) is 32.6 Å². The van der Waals surface area contributed by atoms with E-state index in [0.717, 1.165) is 36.2 Å². The monoisotopic (exact) mass is 255 g/mol. The molecular formula is C12H21N3OS. The van der Waals surface area contributed by atoms with Crippen molar-refractivity contribution in [3.8, 4) is 0 Å². The van der Waals surface area contributed by atoms with Crippen molar-refractivity contribution in [1.29, 1.82) is 0 Å². The number of hydrogen-bond acceptors (Lipinski definition) is 5. The summed E-state index contributed by atoms with van der Waals surface area (Å²) in [4.78, 5) is 8.51. The second kappa shape index (κ2) is 9.39. The summed E-state index contributed by atoms with van der Waals surface area (Å²) in [6.45, 7) is 4.77. The number of thioether (sulfide) groups is 1. The molecule has 0 aliphatic rings. The lowest BCUT2D eigenvalue weighted by atomic mass is 10.3. The Hall–Kier alpha value is -0.650. The zero-order valence-corrected chi connectivity index (χ0v) is 11.4. The van der Waals surface area contributed by atoms with E-state index in [1.165, 1.54) is 12.8 Å². The molecule has 5 heteroatoms. The van der Waals surface area contributed by atoms with Crippen LogP contribution in [0.5, 0.6) is 0 Å². The van der Waals surface area contributed by atoms with Crippen LogP contribution in [-0.2, 0) is 4.74 Å². The van der Waals surface area contributed by atoms with Gasteiger partial charge in [-0.3, -0.25) is 0 Å². The van der Waals surface area contributed by atoms with E-state index in [9.17, 15) is 0 Å². The molecule has 1 aromatic rings. The Bertz CT molecular complexity index is 292. The Kier molecular flexibility index (Phi) is 7.96. The van der Waals surface area contributed by atoms with Crippen molar-refractivity contribution >= 4 is 11.8 Å². The van der Waals surface area contributed by atoms with Gasteiger partial charge in [0.1, 0.15) is 0 Å². The molecule has 0 saturated heterocycles. The number of ether oxygens (including phenoxy) is 1. The largest absolute Gasteiger partial charge is 0.383 e. The Morgan fingerprint density at radius 1 is 1.24 bits per heavy atom. The summed E-state index contributed by atoms with van der Waals surface area (Å²) in [5.41, 5.74) is 1.11. The zero-order valence-electron chi connectivity index (χ0n) is 10.6. The maximum Gasteiger partial charge on any atom is 0.187 e. The van der Waals surface area contributed by atoms with Gasteiger partial charge in [0, 0.05) is 31.8 Å². The number of nitrogens with one attached hydrogen (secondary N) is 1. The quantitative estimate of drug-likeness (QED) is 0.415. The first-order chi connectivity index (χ1) is 8.33. The molecule has 1 N–H and O–H groups in total. The third-order valence-electron chi connectivity index (χ3n) is 2.22.